The molecule has 1 saturated carbocycles. The fourth-order valence-electron chi connectivity index (χ4n) is 2.72. The molecular formula is C14H17BrN2O. The van der Waals surface area contributed by atoms with Crippen molar-refractivity contribution in [2.45, 2.75) is 32.2 Å². The number of fused-ring (bicyclic) bond motifs is 1. The standard InChI is InChI=1S/C14H17BrN2O/c1-7(8-2-3-8)14(16)10-4-9-5-13(18)17-12(9)6-11(10)15/h4,6-8,14H,2-3,5,16H2,1H3,(H,17,18). The maximum atomic E-state index is 11.4. The van der Waals surface area contributed by atoms with Gasteiger partial charge in [-0.05, 0) is 41.9 Å². The Morgan fingerprint density at radius 2 is 2.17 bits per heavy atom. The van der Waals surface area contributed by atoms with Gasteiger partial charge in [0.1, 0.15) is 0 Å². The van der Waals surface area contributed by atoms with Crippen molar-refractivity contribution in [2.75, 3.05) is 5.32 Å². The molecule has 18 heavy (non-hydrogen) atoms. The number of hydrogen-bond acceptors (Lipinski definition) is 2. The number of carbonyl (C=O) groups is 1. The molecule has 1 aromatic carbocycles. The van der Waals surface area contributed by atoms with Gasteiger partial charge in [-0.15, -0.1) is 0 Å². The molecule has 3 N–H and O–H groups in total. The normalized spacial score (nSPS) is 21.4. The van der Waals surface area contributed by atoms with Gasteiger partial charge in [-0.25, -0.2) is 0 Å². The van der Waals surface area contributed by atoms with Crippen LogP contribution in [0.25, 0.3) is 0 Å². The highest BCUT2D eigenvalue weighted by Gasteiger charge is 2.33. The first-order valence-corrected chi connectivity index (χ1v) is 7.23. The average Bonchev–Trinajstić information content (AvgIpc) is 3.09. The largest absolute Gasteiger partial charge is 0.325 e. The Balaban J connectivity index is 1.92. The number of rotatable bonds is 3. The first kappa shape index (κ1) is 12.2. The Hall–Kier alpha value is -0.870. The van der Waals surface area contributed by atoms with Crippen LogP contribution in [0.4, 0.5) is 5.69 Å². The molecule has 96 valence electrons. The van der Waals surface area contributed by atoms with Crippen LogP contribution in [0.5, 0.6) is 0 Å². The van der Waals surface area contributed by atoms with E-state index in [1.165, 1.54) is 12.8 Å². The Labute approximate surface area is 115 Å². The van der Waals surface area contributed by atoms with Crippen molar-refractivity contribution in [3.63, 3.8) is 0 Å². The zero-order valence-corrected chi connectivity index (χ0v) is 12.0. The van der Waals surface area contributed by atoms with Crippen LogP contribution in [0.1, 0.15) is 36.9 Å². The predicted octanol–water partition coefficient (Wildman–Crippen LogP) is 2.99. The molecule has 2 atom stereocenters. The summed E-state index contributed by atoms with van der Waals surface area (Å²) in [5, 5.41) is 2.86. The summed E-state index contributed by atoms with van der Waals surface area (Å²) in [5.74, 6) is 1.35. The molecule has 3 nitrogen and oxygen atoms in total. The van der Waals surface area contributed by atoms with E-state index in [1.54, 1.807) is 0 Å². The van der Waals surface area contributed by atoms with Gasteiger partial charge >= 0.3 is 0 Å². The molecule has 1 aliphatic carbocycles. The van der Waals surface area contributed by atoms with Crippen LogP contribution >= 0.6 is 15.9 Å². The number of carbonyl (C=O) groups excluding carboxylic acids is 1. The highest BCUT2D eigenvalue weighted by atomic mass is 79.9. The van der Waals surface area contributed by atoms with E-state index in [2.05, 4.69) is 34.2 Å². The summed E-state index contributed by atoms with van der Waals surface area (Å²) >= 11 is 3.58. The van der Waals surface area contributed by atoms with Crippen LogP contribution in [-0.2, 0) is 11.2 Å². The maximum Gasteiger partial charge on any atom is 0.228 e. The molecule has 0 radical (unpaired) electrons. The Morgan fingerprint density at radius 3 is 2.83 bits per heavy atom. The van der Waals surface area contributed by atoms with Crippen molar-refractivity contribution < 1.29 is 4.79 Å². The molecule has 2 aliphatic rings. The molecule has 0 spiro atoms. The fraction of sp³-hybridized carbons (Fsp3) is 0.500. The molecule has 1 amide bonds. The van der Waals surface area contributed by atoms with Crippen LogP contribution in [0.2, 0.25) is 0 Å². The van der Waals surface area contributed by atoms with Crippen molar-refractivity contribution >= 4 is 27.5 Å². The van der Waals surface area contributed by atoms with E-state index in [1.807, 2.05) is 6.07 Å². The molecule has 3 rings (SSSR count). The van der Waals surface area contributed by atoms with E-state index >= 15 is 0 Å². The number of nitrogens with one attached hydrogen (secondary N) is 1. The van der Waals surface area contributed by atoms with E-state index in [-0.39, 0.29) is 11.9 Å². The van der Waals surface area contributed by atoms with Crippen LogP contribution in [0.15, 0.2) is 16.6 Å². The third-order valence-electron chi connectivity index (χ3n) is 4.14. The summed E-state index contributed by atoms with van der Waals surface area (Å²) in [6.45, 7) is 2.23. The summed E-state index contributed by atoms with van der Waals surface area (Å²) in [7, 11) is 0. The van der Waals surface area contributed by atoms with Crippen LogP contribution in [-0.4, -0.2) is 5.91 Å². The smallest absolute Gasteiger partial charge is 0.228 e. The summed E-state index contributed by atoms with van der Waals surface area (Å²) in [6.07, 6.45) is 3.08. The second kappa shape index (κ2) is 4.35. The zero-order valence-electron chi connectivity index (χ0n) is 10.4. The highest BCUT2D eigenvalue weighted by Crippen LogP contribution is 2.44. The minimum atomic E-state index is 0.0490. The molecule has 0 bridgehead atoms. The van der Waals surface area contributed by atoms with Gasteiger partial charge in [-0.1, -0.05) is 28.9 Å². The predicted molar refractivity (Wildman–Crippen MR) is 75.3 cm³/mol. The quantitative estimate of drug-likeness (QED) is 0.902. The lowest BCUT2D eigenvalue weighted by Gasteiger charge is -2.22. The third-order valence-corrected chi connectivity index (χ3v) is 4.83. The van der Waals surface area contributed by atoms with E-state index in [0.29, 0.717) is 12.3 Å². The lowest BCUT2D eigenvalue weighted by Crippen LogP contribution is -2.21. The summed E-state index contributed by atoms with van der Waals surface area (Å²) < 4.78 is 1.00. The first-order valence-electron chi connectivity index (χ1n) is 6.44. The second-order valence-corrected chi connectivity index (χ2v) is 6.33. The molecule has 1 heterocycles. The lowest BCUT2D eigenvalue weighted by molar-refractivity contribution is -0.115. The number of halogens is 1. The van der Waals surface area contributed by atoms with Gasteiger partial charge in [-0.2, -0.15) is 0 Å². The van der Waals surface area contributed by atoms with Gasteiger partial charge in [0, 0.05) is 16.2 Å². The van der Waals surface area contributed by atoms with Gasteiger partial charge in [0.25, 0.3) is 0 Å². The van der Waals surface area contributed by atoms with Crippen LogP contribution in [0.3, 0.4) is 0 Å². The Morgan fingerprint density at radius 1 is 1.44 bits per heavy atom. The highest BCUT2D eigenvalue weighted by molar-refractivity contribution is 9.10. The average molecular weight is 309 g/mol. The maximum absolute atomic E-state index is 11.4. The van der Waals surface area contributed by atoms with Crippen molar-refractivity contribution in [3.05, 3.63) is 27.7 Å². The summed E-state index contributed by atoms with van der Waals surface area (Å²) in [4.78, 5) is 11.4. The molecule has 0 aromatic heterocycles. The number of nitrogens with two attached hydrogens (primary N) is 1. The number of anilines is 1. The van der Waals surface area contributed by atoms with Gasteiger partial charge in [0.05, 0.1) is 6.42 Å². The molecule has 1 aliphatic heterocycles. The van der Waals surface area contributed by atoms with Gasteiger partial charge in [-0.3, -0.25) is 4.79 Å². The van der Waals surface area contributed by atoms with Crippen molar-refractivity contribution in [1.82, 2.24) is 0 Å². The third kappa shape index (κ3) is 2.08. The number of amides is 1. The fourth-order valence-corrected chi connectivity index (χ4v) is 3.33. The van der Waals surface area contributed by atoms with Crippen LogP contribution in [0, 0.1) is 11.8 Å². The molecule has 1 aromatic rings. The molecule has 1 fully saturated rings. The first-order chi connectivity index (χ1) is 8.56. The van der Waals surface area contributed by atoms with Gasteiger partial charge in [0.2, 0.25) is 5.91 Å². The van der Waals surface area contributed by atoms with Gasteiger partial charge in [0.15, 0.2) is 0 Å². The molecule has 0 saturated heterocycles. The van der Waals surface area contributed by atoms with Crippen molar-refractivity contribution in [3.8, 4) is 0 Å². The minimum Gasteiger partial charge on any atom is -0.325 e. The van der Waals surface area contributed by atoms with Gasteiger partial charge < -0.3 is 11.1 Å². The Kier molecular flexibility index (Phi) is 2.94. The summed E-state index contributed by atoms with van der Waals surface area (Å²) in [5.41, 5.74) is 9.49. The van der Waals surface area contributed by atoms with E-state index in [0.717, 1.165) is 27.2 Å². The number of benzene rings is 1. The molecular weight excluding hydrogens is 292 g/mol. The van der Waals surface area contributed by atoms with E-state index < -0.39 is 0 Å². The minimum absolute atomic E-state index is 0.0490. The lowest BCUT2D eigenvalue weighted by atomic mass is 9.90. The summed E-state index contributed by atoms with van der Waals surface area (Å²) in [6, 6.07) is 4.11. The molecule has 4 heteroatoms. The monoisotopic (exact) mass is 308 g/mol. The topological polar surface area (TPSA) is 55.1 Å². The molecule has 2 unspecified atom stereocenters. The van der Waals surface area contributed by atoms with E-state index in [4.69, 9.17) is 5.73 Å². The van der Waals surface area contributed by atoms with Crippen LogP contribution < -0.4 is 11.1 Å². The second-order valence-electron chi connectivity index (χ2n) is 5.48. The van der Waals surface area contributed by atoms with Crippen molar-refractivity contribution in [2.24, 2.45) is 17.6 Å². The van der Waals surface area contributed by atoms with Crippen molar-refractivity contribution in [1.29, 1.82) is 0 Å². The number of hydrogen-bond donors (Lipinski definition) is 2. The van der Waals surface area contributed by atoms with E-state index in [9.17, 15) is 4.79 Å². The zero-order chi connectivity index (χ0) is 12.9. The SMILES string of the molecule is CC(C1CC1)C(N)c1cc2c(cc1Br)NC(=O)C2. The Bertz CT molecular complexity index is 511.